The lowest BCUT2D eigenvalue weighted by molar-refractivity contribution is 0.347. The summed E-state index contributed by atoms with van der Waals surface area (Å²) in [7, 11) is 0. The normalized spacial score (nSPS) is 15.9. The molecule has 1 saturated heterocycles. The Morgan fingerprint density at radius 3 is 2.35 bits per heavy atom. The minimum absolute atomic E-state index is 1.03. The summed E-state index contributed by atoms with van der Waals surface area (Å²) in [5, 5.41) is 0. The molecule has 0 radical (unpaired) electrons. The largest absolute Gasteiger partial charge is 0.362 e. The van der Waals surface area contributed by atoms with E-state index in [1.807, 2.05) is 0 Å². The van der Waals surface area contributed by atoms with Gasteiger partial charge in [0.15, 0.2) is 0 Å². The minimum atomic E-state index is 1.03. The number of hydrogen-bond acceptors (Lipinski definition) is 1. The highest BCUT2D eigenvalue weighted by atomic mass is 32.1. The van der Waals surface area contributed by atoms with Gasteiger partial charge in [0.25, 0.3) is 0 Å². The van der Waals surface area contributed by atoms with Gasteiger partial charge in [-0.25, -0.2) is 0 Å². The standard InChI is InChI=1S/C15H21NS/c1-2-6-13-7-9-14(10-8-13)15(17)16-11-4-3-5-12-16/h7-10H,2-6,11-12H2,1H3. The smallest absolute Gasteiger partial charge is 0.109 e. The van der Waals surface area contributed by atoms with Crippen LogP contribution in [0.15, 0.2) is 24.3 Å². The lowest BCUT2D eigenvalue weighted by Crippen LogP contribution is -2.34. The Hall–Kier alpha value is -0.890. The van der Waals surface area contributed by atoms with E-state index in [9.17, 15) is 0 Å². The molecular formula is C15H21NS. The molecule has 0 N–H and O–H groups in total. The van der Waals surface area contributed by atoms with Gasteiger partial charge in [0.2, 0.25) is 0 Å². The van der Waals surface area contributed by atoms with Crippen LogP contribution < -0.4 is 0 Å². The Morgan fingerprint density at radius 1 is 1.12 bits per heavy atom. The molecule has 0 amide bonds. The van der Waals surface area contributed by atoms with E-state index in [4.69, 9.17) is 12.2 Å². The third-order valence-corrected chi connectivity index (χ3v) is 3.88. The third-order valence-electron chi connectivity index (χ3n) is 3.38. The molecular weight excluding hydrogens is 226 g/mol. The number of hydrogen-bond donors (Lipinski definition) is 0. The maximum absolute atomic E-state index is 5.57. The number of benzene rings is 1. The van der Waals surface area contributed by atoms with Gasteiger partial charge in [0.1, 0.15) is 4.99 Å². The Labute approximate surface area is 110 Å². The van der Waals surface area contributed by atoms with Gasteiger partial charge in [0.05, 0.1) is 0 Å². The summed E-state index contributed by atoms with van der Waals surface area (Å²) in [6.07, 6.45) is 6.29. The molecule has 17 heavy (non-hydrogen) atoms. The van der Waals surface area contributed by atoms with Crippen molar-refractivity contribution in [1.82, 2.24) is 4.90 Å². The van der Waals surface area contributed by atoms with Crippen LogP contribution in [0.3, 0.4) is 0 Å². The topological polar surface area (TPSA) is 3.24 Å². The second-order valence-corrected chi connectivity index (χ2v) is 5.19. The summed E-state index contributed by atoms with van der Waals surface area (Å²) >= 11 is 5.57. The zero-order chi connectivity index (χ0) is 12.1. The van der Waals surface area contributed by atoms with Crippen molar-refractivity contribution in [2.75, 3.05) is 13.1 Å². The molecule has 0 unspecified atom stereocenters. The first kappa shape index (κ1) is 12.6. The number of piperidine rings is 1. The van der Waals surface area contributed by atoms with E-state index < -0.39 is 0 Å². The van der Waals surface area contributed by atoms with Crippen LogP contribution in [-0.2, 0) is 6.42 Å². The van der Waals surface area contributed by atoms with Crippen molar-refractivity contribution in [3.05, 3.63) is 35.4 Å². The molecule has 0 spiro atoms. The van der Waals surface area contributed by atoms with Crippen molar-refractivity contribution in [1.29, 1.82) is 0 Å². The SMILES string of the molecule is CCCc1ccc(C(=S)N2CCCCC2)cc1. The van der Waals surface area contributed by atoms with Crippen molar-refractivity contribution in [2.24, 2.45) is 0 Å². The molecule has 1 fully saturated rings. The molecule has 1 aromatic rings. The van der Waals surface area contributed by atoms with E-state index >= 15 is 0 Å². The number of likely N-dealkylation sites (tertiary alicyclic amines) is 1. The van der Waals surface area contributed by atoms with E-state index in [1.54, 1.807) is 0 Å². The highest BCUT2D eigenvalue weighted by Crippen LogP contribution is 2.15. The summed E-state index contributed by atoms with van der Waals surface area (Å²) in [4.78, 5) is 3.39. The van der Waals surface area contributed by atoms with Gasteiger partial charge in [-0.2, -0.15) is 0 Å². The lowest BCUT2D eigenvalue weighted by Gasteiger charge is -2.29. The molecule has 1 aliphatic heterocycles. The molecule has 0 aromatic heterocycles. The summed E-state index contributed by atoms with van der Waals surface area (Å²) < 4.78 is 0. The molecule has 1 aliphatic rings. The van der Waals surface area contributed by atoms with E-state index in [-0.39, 0.29) is 0 Å². The second-order valence-electron chi connectivity index (χ2n) is 4.80. The van der Waals surface area contributed by atoms with E-state index in [0.717, 1.165) is 24.5 Å². The molecule has 1 nitrogen and oxygen atoms in total. The van der Waals surface area contributed by atoms with E-state index in [0.29, 0.717) is 0 Å². The Balaban J connectivity index is 2.03. The number of rotatable bonds is 3. The van der Waals surface area contributed by atoms with Crippen LogP contribution in [0, 0.1) is 0 Å². The summed E-state index contributed by atoms with van der Waals surface area (Å²) in [5.74, 6) is 0. The van der Waals surface area contributed by atoms with Gasteiger partial charge < -0.3 is 4.90 Å². The Bertz CT molecular complexity index is 363. The van der Waals surface area contributed by atoms with E-state index in [1.165, 1.54) is 36.8 Å². The molecule has 0 aliphatic carbocycles. The molecule has 1 aromatic carbocycles. The van der Waals surface area contributed by atoms with Crippen LogP contribution in [0.25, 0.3) is 0 Å². The van der Waals surface area contributed by atoms with Crippen molar-refractivity contribution in [2.45, 2.75) is 39.0 Å². The summed E-state index contributed by atoms with van der Waals surface area (Å²) in [6.45, 7) is 4.48. The van der Waals surface area contributed by atoms with Gasteiger partial charge in [-0.15, -0.1) is 0 Å². The fraction of sp³-hybridized carbons (Fsp3) is 0.533. The van der Waals surface area contributed by atoms with Gasteiger partial charge in [-0.3, -0.25) is 0 Å². The van der Waals surface area contributed by atoms with Crippen LogP contribution in [0.1, 0.15) is 43.7 Å². The van der Waals surface area contributed by atoms with Gasteiger partial charge in [-0.1, -0.05) is 49.8 Å². The third kappa shape index (κ3) is 3.29. The first-order chi connectivity index (χ1) is 8.31. The molecule has 2 rings (SSSR count). The zero-order valence-corrected chi connectivity index (χ0v) is 11.4. The molecule has 92 valence electrons. The van der Waals surface area contributed by atoms with Crippen LogP contribution in [0.2, 0.25) is 0 Å². The van der Waals surface area contributed by atoms with Crippen molar-refractivity contribution >= 4 is 17.2 Å². The number of nitrogens with zero attached hydrogens (tertiary/aromatic N) is 1. The summed E-state index contributed by atoms with van der Waals surface area (Å²) in [5.41, 5.74) is 2.62. The highest BCUT2D eigenvalue weighted by molar-refractivity contribution is 7.80. The van der Waals surface area contributed by atoms with Gasteiger partial charge in [-0.05, 0) is 31.2 Å². The Kier molecular flexibility index (Phi) is 4.55. The average molecular weight is 247 g/mol. The minimum Gasteiger partial charge on any atom is -0.362 e. The fourth-order valence-corrected chi connectivity index (χ4v) is 2.70. The molecule has 1 heterocycles. The predicted octanol–water partition coefficient (Wildman–Crippen LogP) is 3.80. The lowest BCUT2D eigenvalue weighted by atomic mass is 10.1. The van der Waals surface area contributed by atoms with E-state index in [2.05, 4.69) is 36.1 Å². The average Bonchev–Trinajstić information content (AvgIpc) is 2.40. The van der Waals surface area contributed by atoms with Crippen molar-refractivity contribution in [3.8, 4) is 0 Å². The van der Waals surface area contributed by atoms with Crippen molar-refractivity contribution in [3.63, 3.8) is 0 Å². The van der Waals surface area contributed by atoms with Gasteiger partial charge in [0, 0.05) is 18.7 Å². The quantitative estimate of drug-likeness (QED) is 0.747. The first-order valence-corrected chi connectivity index (χ1v) is 7.10. The molecule has 2 heteroatoms. The Morgan fingerprint density at radius 2 is 1.76 bits per heavy atom. The second kappa shape index (κ2) is 6.15. The maximum atomic E-state index is 5.57. The number of aryl methyl sites for hydroxylation is 1. The fourth-order valence-electron chi connectivity index (χ4n) is 2.38. The summed E-state index contributed by atoms with van der Waals surface area (Å²) in [6, 6.07) is 8.80. The van der Waals surface area contributed by atoms with Crippen LogP contribution >= 0.6 is 12.2 Å². The van der Waals surface area contributed by atoms with Crippen LogP contribution in [-0.4, -0.2) is 23.0 Å². The molecule has 0 saturated carbocycles. The zero-order valence-electron chi connectivity index (χ0n) is 10.6. The predicted molar refractivity (Wildman–Crippen MR) is 77.6 cm³/mol. The highest BCUT2D eigenvalue weighted by Gasteiger charge is 2.14. The maximum Gasteiger partial charge on any atom is 0.109 e. The van der Waals surface area contributed by atoms with Crippen molar-refractivity contribution < 1.29 is 0 Å². The molecule has 0 atom stereocenters. The number of thiocarbonyl (C=S) groups is 1. The van der Waals surface area contributed by atoms with Crippen LogP contribution in [0.4, 0.5) is 0 Å². The first-order valence-electron chi connectivity index (χ1n) is 6.69. The van der Waals surface area contributed by atoms with Crippen LogP contribution in [0.5, 0.6) is 0 Å². The molecule has 0 bridgehead atoms. The monoisotopic (exact) mass is 247 g/mol. The van der Waals surface area contributed by atoms with Gasteiger partial charge >= 0.3 is 0 Å².